The third-order valence-electron chi connectivity index (χ3n) is 3.98. The number of ether oxygens (including phenoxy) is 1. The van der Waals surface area contributed by atoms with Crippen LogP contribution in [0, 0.1) is 23.0 Å². The number of hydrogen-bond donors (Lipinski definition) is 2. The number of carbonyl (C=O) groups is 1. The molecule has 1 aromatic carbocycles. The lowest BCUT2D eigenvalue weighted by Gasteiger charge is -2.28. The van der Waals surface area contributed by atoms with E-state index in [0.717, 1.165) is 26.1 Å². The smallest absolute Gasteiger partial charge is 0.319 e. The van der Waals surface area contributed by atoms with E-state index in [1.54, 1.807) is 13.0 Å². The van der Waals surface area contributed by atoms with Gasteiger partial charge in [0.1, 0.15) is 0 Å². The van der Waals surface area contributed by atoms with Gasteiger partial charge >= 0.3 is 6.03 Å². The number of hydrogen-bond acceptors (Lipinski definition) is 4. The van der Waals surface area contributed by atoms with Crippen LogP contribution in [0.1, 0.15) is 25.3 Å². The van der Waals surface area contributed by atoms with Gasteiger partial charge in [-0.1, -0.05) is 0 Å². The molecule has 1 aromatic rings. The van der Waals surface area contributed by atoms with E-state index in [1.807, 2.05) is 6.92 Å². The third-order valence-corrected chi connectivity index (χ3v) is 3.98. The number of nitrogens with one attached hydrogen (secondary N) is 2. The van der Waals surface area contributed by atoms with E-state index >= 15 is 0 Å². The Bertz CT molecular complexity index is 556. The van der Waals surface area contributed by atoms with Gasteiger partial charge in [-0.2, -0.15) is 0 Å². The zero-order chi connectivity index (χ0) is 16.1. The Morgan fingerprint density at radius 1 is 1.41 bits per heavy atom. The molecule has 0 saturated carbocycles. The minimum Gasteiger partial charge on any atom is -0.381 e. The summed E-state index contributed by atoms with van der Waals surface area (Å²) in [4.78, 5) is 22.3. The normalized spacial score (nSPS) is 16.8. The van der Waals surface area contributed by atoms with Crippen molar-refractivity contribution in [1.29, 1.82) is 0 Å². The zero-order valence-electron chi connectivity index (χ0n) is 12.8. The second-order valence-corrected chi connectivity index (χ2v) is 5.60. The molecular formula is C15H21N3O4. The molecule has 0 radical (unpaired) electrons. The zero-order valence-corrected chi connectivity index (χ0v) is 12.8. The fraction of sp³-hybridized carbons (Fsp3) is 0.533. The molecule has 1 heterocycles. The van der Waals surface area contributed by atoms with E-state index in [4.69, 9.17) is 4.74 Å². The highest BCUT2D eigenvalue weighted by atomic mass is 16.6. The summed E-state index contributed by atoms with van der Waals surface area (Å²) >= 11 is 0. The number of amides is 2. The Morgan fingerprint density at radius 3 is 2.68 bits per heavy atom. The van der Waals surface area contributed by atoms with Gasteiger partial charge in [-0.05, 0) is 44.7 Å². The first-order chi connectivity index (χ1) is 10.5. The largest absolute Gasteiger partial charge is 0.381 e. The van der Waals surface area contributed by atoms with Crippen molar-refractivity contribution in [3.63, 3.8) is 0 Å². The maximum absolute atomic E-state index is 12.0. The monoisotopic (exact) mass is 307 g/mol. The minimum atomic E-state index is -0.438. The van der Waals surface area contributed by atoms with Crippen LogP contribution in [0.15, 0.2) is 18.2 Å². The third kappa shape index (κ3) is 4.17. The van der Waals surface area contributed by atoms with Gasteiger partial charge in [-0.3, -0.25) is 10.1 Å². The first-order valence-corrected chi connectivity index (χ1v) is 7.37. The quantitative estimate of drug-likeness (QED) is 0.660. The number of rotatable bonds is 4. The van der Waals surface area contributed by atoms with Crippen LogP contribution in [-0.2, 0) is 4.74 Å². The highest BCUT2D eigenvalue weighted by molar-refractivity contribution is 5.89. The van der Waals surface area contributed by atoms with Crippen LogP contribution in [0.2, 0.25) is 0 Å². The Kier molecular flexibility index (Phi) is 5.32. The topological polar surface area (TPSA) is 93.5 Å². The fourth-order valence-electron chi connectivity index (χ4n) is 2.65. The summed E-state index contributed by atoms with van der Waals surface area (Å²) < 4.78 is 5.31. The summed E-state index contributed by atoms with van der Waals surface area (Å²) in [6.07, 6.45) is 1.89. The fourth-order valence-corrected chi connectivity index (χ4v) is 2.65. The highest BCUT2D eigenvalue weighted by Crippen LogP contribution is 2.22. The molecule has 0 aliphatic carbocycles. The van der Waals surface area contributed by atoms with Crippen LogP contribution in [0.4, 0.5) is 16.2 Å². The first kappa shape index (κ1) is 16.2. The van der Waals surface area contributed by atoms with Gasteiger partial charge in [0.05, 0.1) is 4.92 Å². The maximum Gasteiger partial charge on any atom is 0.319 e. The second-order valence-electron chi connectivity index (χ2n) is 5.60. The summed E-state index contributed by atoms with van der Waals surface area (Å²) in [5.74, 6) is 0.415. The molecule has 2 rings (SSSR count). The molecule has 1 aliphatic rings. The van der Waals surface area contributed by atoms with Gasteiger partial charge in [0.25, 0.3) is 5.69 Å². The van der Waals surface area contributed by atoms with Crippen LogP contribution in [0.3, 0.4) is 0 Å². The van der Waals surface area contributed by atoms with Gasteiger partial charge < -0.3 is 15.4 Å². The molecule has 0 aromatic heterocycles. The number of anilines is 1. The summed E-state index contributed by atoms with van der Waals surface area (Å²) in [6.45, 7) is 5.10. The van der Waals surface area contributed by atoms with Crippen molar-refractivity contribution < 1.29 is 14.5 Å². The Morgan fingerprint density at radius 2 is 2.09 bits per heavy atom. The van der Waals surface area contributed by atoms with E-state index < -0.39 is 4.92 Å². The molecule has 0 bridgehead atoms. The van der Waals surface area contributed by atoms with E-state index in [9.17, 15) is 14.9 Å². The van der Waals surface area contributed by atoms with Gasteiger partial charge in [0.2, 0.25) is 0 Å². The summed E-state index contributed by atoms with van der Waals surface area (Å²) in [7, 11) is 0. The minimum absolute atomic E-state index is 0.0431. The van der Waals surface area contributed by atoms with Crippen molar-refractivity contribution in [3.8, 4) is 0 Å². The van der Waals surface area contributed by atoms with Gasteiger partial charge in [0.15, 0.2) is 0 Å². The van der Waals surface area contributed by atoms with Crippen LogP contribution in [0.25, 0.3) is 0 Å². The van der Waals surface area contributed by atoms with Crippen LogP contribution < -0.4 is 10.6 Å². The number of aryl methyl sites for hydroxylation is 1. The summed E-state index contributed by atoms with van der Waals surface area (Å²) in [5.41, 5.74) is 1.10. The summed E-state index contributed by atoms with van der Waals surface area (Å²) in [6, 6.07) is 4.28. The number of nitro benzene ring substituents is 1. The lowest BCUT2D eigenvalue weighted by atomic mass is 9.93. The number of nitrogens with zero attached hydrogens (tertiary/aromatic N) is 1. The molecule has 7 heteroatoms. The molecule has 2 amide bonds. The van der Waals surface area contributed by atoms with Crippen LogP contribution >= 0.6 is 0 Å². The second kappa shape index (κ2) is 7.22. The van der Waals surface area contributed by atoms with Crippen molar-refractivity contribution in [2.45, 2.75) is 32.7 Å². The van der Waals surface area contributed by atoms with Crippen LogP contribution in [0.5, 0.6) is 0 Å². The molecule has 1 atom stereocenters. The number of benzene rings is 1. The lowest BCUT2D eigenvalue weighted by molar-refractivity contribution is -0.385. The van der Waals surface area contributed by atoms with Crippen molar-refractivity contribution in [2.24, 2.45) is 5.92 Å². The molecule has 120 valence electrons. The SMILES string of the molecule is Cc1cc(NC(=O)N[C@@H](C)C2CCOCC2)ccc1[N+](=O)[O-]. The average molecular weight is 307 g/mol. The van der Waals surface area contributed by atoms with Crippen molar-refractivity contribution in [2.75, 3.05) is 18.5 Å². The first-order valence-electron chi connectivity index (χ1n) is 7.37. The number of nitro groups is 1. The number of urea groups is 1. The molecular weight excluding hydrogens is 286 g/mol. The Balaban J connectivity index is 1.91. The average Bonchev–Trinajstić information content (AvgIpc) is 2.47. The molecule has 0 spiro atoms. The predicted molar refractivity (Wildman–Crippen MR) is 83.0 cm³/mol. The molecule has 22 heavy (non-hydrogen) atoms. The molecule has 1 saturated heterocycles. The van der Waals surface area contributed by atoms with Gasteiger partial charge in [0, 0.05) is 36.6 Å². The maximum atomic E-state index is 12.0. The lowest BCUT2D eigenvalue weighted by Crippen LogP contribution is -2.42. The Labute approximate surface area is 129 Å². The van der Waals surface area contributed by atoms with Crippen molar-refractivity contribution in [3.05, 3.63) is 33.9 Å². The Hall–Kier alpha value is -2.15. The van der Waals surface area contributed by atoms with E-state index in [2.05, 4.69) is 10.6 Å². The highest BCUT2D eigenvalue weighted by Gasteiger charge is 2.22. The van der Waals surface area contributed by atoms with Gasteiger partial charge in [-0.25, -0.2) is 4.79 Å². The van der Waals surface area contributed by atoms with E-state index in [1.165, 1.54) is 12.1 Å². The predicted octanol–water partition coefficient (Wildman–Crippen LogP) is 2.84. The van der Waals surface area contributed by atoms with Gasteiger partial charge in [-0.15, -0.1) is 0 Å². The number of carbonyl (C=O) groups excluding carboxylic acids is 1. The van der Waals surface area contributed by atoms with Crippen LogP contribution in [-0.4, -0.2) is 30.2 Å². The van der Waals surface area contributed by atoms with E-state index in [-0.39, 0.29) is 17.8 Å². The molecule has 7 nitrogen and oxygen atoms in total. The molecule has 1 aliphatic heterocycles. The molecule has 2 N–H and O–H groups in total. The molecule has 0 unspecified atom stereocenters. The van der Waals surface area contributed by atoms with E-state index in [0.29, 0.717) is 17.2 Å². The molecule has 1 fully saturated rings. The van der Waals surface area contributed by atoms with Crippen molar-refractivity contribution >= 4 is 17.4 Å². The standard InChI is InChI=1S/C15H21N3O4/c1-10-9-13(3-4-14(10)18(20)21)17-15(19)16-11(2)12-5-7-22-8-6-12/h3-4,9,11-12H,5-8H2,1-2H3,(H2,16,17,19)/t11-/m0/s1. The van der Waals surface area contributed by atoms with Crippen molar-refractivity contribution in [1.82, 2.24) is 5.32 Å². The summed E-state index contributed by atoms with van der Waals surface area (Å²) in [5, 5.41) is 16.4.